The van der Waals surface area contributed by atoms with Gasteiger partial charge in [-0.1, -0.05) is 48.5 Å². The molecule has 0 bridgehead atoms. The van der Waals surface area contributed by atoms with Crippen molar-refractivity contribution in [2.24, 2.45) is 0 Å². The van der Waals surface area contributed by atoms with Gasteiger partial charge in [-0.25, -0.2) is 0 Å². The molecule has 0 atom stereocenters. The van der Waals surface area contributed by atoms with E-state index in [2.05, 4.69) is 35.6 Å². The molecule has 0 fully saturated rings. The number of nitrogens with one attached hydrogen (secondary N) is 1. The first-order chi connectivity index (χ1) is 13.8. The van der Waals surface area contributed by atoms with Crippen molar-refractivity contribution in [3.63, 3.8) is 0 Å². The molecule has 4 nitrogen and oxygen atoms in total. The summed E-state index contributed by atoms with van der Waals surface area (Å²) in [6.45, 7) is 2.17. The van der Waals surface area contributed by atoms with Gasteiger partial charge in [0.2, 0.25) is 0 Å². The second-order valence-electron chi connectivity index (χ2n) is 6.52. The number of hydrogen-bond donors (Lipinski definition) is 1. The number of rotatable bonds is 10. The van der Waals surface area contributed by atoms with Crippen LogP contribution in [0.4, 0.5) is 0 Å². The largest absolute Gasteiger partial charge is 0.497 e. The average Bonchev–Trinajstić information content (AvgIpc) is 2.75. The van der Waals surface area contributed by atoms with Gasteiger partial charge in [0, 0.05) is 19.5 Å². The van der Waals surface area contributed by atoms with Crippen molar-refractivity contribution in [1.29, 1.82) is 0 Å². The number of benzene rings is 3. The Morgan fingerprint density at radius 2 is 1.39 bits per heavy atom. The molecule has 3 rings (SSSR count). The SMILES string of the molecule is COc1ccc(CNCc2ccc(OCCc3ccccc3)c(OC)c2)cc1. The van der Waals surface area contributed by atoms with Crippen LogP contribution in [-0.2, 0) is 19.5 Å². The van der Waals surface area contributed by atoms with Crippen molar-refractivity contribution in [2.45, 2.75) is 19.5 Å². The third-order valence-corrected chi connectivity index (χ3v) is 4.54. The summed E-state index contributed by atoms with van der Waals surface area (Å²) in [4.78, 5) is 0. The molecule has 0 spiro atoms. The summed E-state index contributed by atoms with van der Waals surface area (Å²) in [7, 11) is 3.35. The van der Waals surface area contributed by atoms with Gasteiger partial charge in [0.15, 0.2) is 11.5 Å². The van der Waals surface area contributed by atoms with Gasteiger partial charge in [-0.2, -0.15) is 0 Å². The first-order valence-corrected chi connectivity index (χ1v) is 9.46. The fourth-order valence-electron chi connectivity index (χ4n) is 2.96. The Balaban J connectivity index is 1.50. The van der Waals surface area contributed by atoms with Crippen LogP contribution in [-0.4, -0.2) is 20.8 Å². The lowest BCUT2D eigenvalue weighted by molar-refractivity contribution is 0.297. The van der Waals surface area contributed by atoms with E-state index in [4.69, 9.17) is 14.2 Å². The molecular formula is C24H27NO3. The molecule has 3 aromatic rings. The van der Waals surface area contributed by atoms with Gasteiger partial charge in [0.25, 0.3) is 0 Å². The van der Waals surface area contributed by atoms with E-state index in [9.17, 15) is 0 Å². The fourth-order valence-corrected chi connectivity index (χ4v) is 2.96. The molecule has 146 valence electrons. The predicted molar refractivity (Wildman–Crippen MR) is 112 cm³/mol. The van der Waals surface area contributed by atoms with E-state index < -0.39 is 0 Å². The highest BCUT2D eigenvalue weighted by molar-refractivity contribution is 5.43. The predicted octanol–water partition coefficient (Wildman–Crippen LogP) is 4.62. The van der Waals surface area contributed by atoms with Crippen LogP contribution in [0.1, 0.15) is 16.7 Å². The molecule has 0 aliphatic carbocycles. The van der Waals surface area contributed by atoms with Crippen molar-refractivity contribution in [3.05, 3.63) is 89.5 Å². The van der Waals surface area contributed by atoms with Gasteiger partial charge in [0.05, 0.1) is 20.8 Å². The Hall–Kier alpha value is -2.98. The normalized spacial score (nSPS) is 10.5. The smallest absolute Gasteiger partial charge is 0.161 e. The van der Waals surface area contributed by atoms with E-state index in [-0.39, 0.29) is 0 Å². The fraction of sp³-hybridized carbons (Fsp3) is 0.250. The first kappa shape index (κ1) is 19.8. The van der Waals surface area contributed by atoms with E-state index in [1.807, 2.05) is 42.5 Å². The average molecular weight is 377 g/mol. The van der Waals surface area contributed by atoms with Gasteiger partial charge >= 0.3 is 0 Å². The summed E-state index contributed by atoms with van der Waals surface area (Å²) in [6, 6.07) is 24.5. The Morgan fingerprint density at radius 3 is 2.11 bits per heavy atom. The Bertz CT molecular complexity index is 847. The van der Waals surface area contributed by atoms with Crippen molar-refractivity contribution < 1.29 is 14.2 Å². The van der Waals surface area contributed by atoms with Crippen LogP contribution in [0.15, 0.2) is 72.8 Å². The molecule has 0 aliphatic rings. The molecule has 0 heterocycles. The lowest BCUT2D eigenvalue weighted by Crippen LogP contribution is -2.12. The zero-order valence-corrected chi connectivity index (χ0v) is 16.5. The van der Waals surface area contributed by atoms with E-state index >= 15 is 0 Å². The van der Waals surface area contributed by atoms with Gasteiger partial charge in [-0.3, -0.25) is 0 Å². The quantitative estimate of drug-likeness (QED) is 0.560. The number of ether oxygens (including phenoxy) is 3. The zero-order valence-electron chi connectivity index (χ0n) is 16.5. The maximum absolute atomic E-state index is 5.93. The third-order valence-electron chi connectivity index (χ3n) is 4.54. The highest BCUT2D eigenvalue weighted by atomic mass is 16.5. The van der Waals surface area contributed by atoms with Crippen molar-refractivity contribution >= 4 is 0 Å². The maximum Gasteiger partial charge on any atom is 0.161 e. The molecule has 3 aromatic carbocycles. The minimum Gasteiger partial charge on any atom is -0.497 e. The van der Waals surface area contributed by atoms with Crippen LogP contribution in [0.3, 0.4) is 0 Å². The lowest BCUT2D eigenvalue weighted by atomic mass is 10.1. The maximum atomic E-state index is 5.93. The zero-order chi connectivity index (χ0) is 19.6. The molecule has 0 unspecified atom stereocenters. The molecule has 28 heavy (non-hydrogen) atoms. The summed E-state index contributed by atoms with van der Waals surface area (Å²) in [5.41, 5.74) is 3.63. The highest BCUT2D eigenvalue weighted by Gasteiger charge is 2.06. The van der Waals surface area contributed by atoms with Crippen LogP contribution in [0.2, 0.25) is 0 Å². The van der Waals surface area contributed by atoms with Gasteiger partial charge < -0.3 is 19.5 Å². The van der Waals surface area contributed by atoms with Crippen LogP contribution >= 0.6 is 0 Å². The summed E-state index contributed by atoms with van der Waals surface area (Å²) in [5.74, 6) is 2.41. The second kappa shape index (κ2) is 10.4. The summed E-state index contributed by atoms with van der Waals surface area (Å²) >= 11 is 0. The highest BCUT2D eigenvalue weighted by Crippen LogP contribution is 2.28. The Labute approximate surface area is 167 Å². The van der Waals surface area contributed by atoms with E-state index in [1.54, 1.807) is 14.2 Å². The van der Waals surface area contributed by atoms with E-state index in [0.717, 1.165) is 42.3 Å². The molecule has 0 radical (unpaired) electrons. The van der Waals surface area contributed by atoms with E-state index in [1.165, 1.54) is 11.1 Å². The molecule has 0 saturated heterocycles. The minimum absolute atomic E-state index is 0.620. The standard InChI is InChI=1S/C24H27NO3/c1-26-22-11-8-20(9-12-22)17-25-18-21-10-13-23(24(16-21)27-2)28-15-14-19-6-4-3-5-7-19/h3-13,16,25H,14-15,17-18H2,1-2H3. The van der Waals surface area contributed by atoms with Crippen LogP contribution < -0.4 is 19.5 Å². The van der Waals surface area contributed by atoms with E-state index in [0.29, 0.717) is 6.61 Å². The molecule has 0 saturated carbocycles. The molecule has 1 N–H and O–H groups in total. The Morgan fingerprint density at radius 1 is 0.679 bits per heavy atom. The van der Waals surface area contributed by atoms with Gasteiger partial charge in [-0.15, -0.1) is 0 Å². The number of methoxy groups -OCH3 is 2. The first-order valence-electron chi connectivity index (χ1n) is 9.46. The van der Waals surface area contributed by atoms with Crippen LogP contribution in [0, 0.1) is 0 Å². The summed E-state index contributed by atoms with van der Waals surface area (Å²) in [5, 5.41) is 3.45. The van der Waals surface area contributed by atoms with Gasteiger partial charge in [-0.05, 0) is 41.0 Å². The third kappa shape index (κ3) is 5.76. The molecular weight excluding hydrogens is 350 g/mol. The minimum atomic E-state index is 0.620. The lowest BCUT2D eigenvalue weighted by Gasteiger charge is -2.13. The molecule has 4 heteroatoms. The monoisotopic (exact) mass is 377 g/mol. The van der Waals surface area contributed by atoms with Crippen molar-refractivity contribution in [2.75, 3.05) is 20.8 Å². The van der Waals surface area contributed by atoms with Crippen LogP contribution in [0.25, 0.3) is 0 Å². The number of hydrogen-bond acceptors (Lipinski definition) is 4. The van der Waals surface area contributed by atoms with Gasteiger partial charge in [0.1, 0.15) is 5.75 Å². The molecule has 0 aliphatic heterocycles. The Kier molecular flexibility index (Phi) is 7.33. The molecule has 0 aromatic heterocycles. The molecule has 0 amide bonds. The summed E-state index contributed by atoms with van der Waals surface area (Å²) in [6.07, 6.45) is 0.870. The van der Waals surface area contributed by atoms with Crippen LogP contribution in [0.5, 0.6) is 17.2 Å². The van der Waals surface area contributed by atoms with Crippen molar-refractivity contribution in [3.8, 4) is 17.2 Å². The topological polar surface area (TPSA) is 39.7 Å². The van der Waals surface area contributed by atoms with Crippen molar-refractivity contribution in [1.82, 2.24) is 5.32 Å². The summed E-state index contributed by atoms with van der Waals surface area (Å²) < 4.78 is 16.6. The second-order valence-corrected chi connectivity index (χ2v) is 6.52.